The van der Waals surface area contributed by atoms with Crippen LogP contribution >= 0.6 is 0 Å². The highest BCUT2D eigenvalue weighted by atomic mass is 16.6. The fourth-order valence-electron chi connectivity index (χ4n) is 2.45. The third kappa shape index (κ3) is 3.37. The van der Waals surface area contributed by atoms with Crippen LogP contribution in [0.15, 0.2) is 42.5 Å². The highest BCUT2D eigenvalue weighted by Crippen LogP contribution is 2.34. The van der Waals surface area contributed by atoms with Crippen LogP contribution in [0.4, 0.5) is 0 Å². The molecule has 1 heterocycles. The maximum atomic E-state index is 5.64. The van der Waals surface area contributed by atoms with Crippen LogP contribution in [0.2, 0.25) is 0 Å². The van der Waals surface area contributed by atoms with Crippen LogP contribution in [-0.2, 0) is 6.54 Å². The lowest BCUT2D eigenvalue weighted by Crippen LogP contribution is -2.15. The van der Waals surface area contributed by atoms with Crippen molar-refractivity contribution in [3.05, 3.63) is 48.0 Å². The van der Waals surface area contributed by atoms with Gasteiger partial charge in [-0.15, -0.1) is 0 Å². The van der Waals surface area contributed by atoms with Gasteiger partial charge in [0, 0.05) is 6.54 Å². The summed E-state index contributed by atoms with van der Waals surface area (Å²) in [6.45, 7) is 5.42. The summed E-state index contributed by atoms with van der Waals surface area (Å²) in [6.07, 6.45) is 1.16. The lowest BCUT2D eigenvalue weighted by Gasteiger charge is -2.19. The summed E-state index contributed by atoms with van der Waals surface area (Å²) >= 11 is 0. The monoisotopic (exact) mass is 283 g/mol. The first-order chi connectivity index (χ1) is 10.4. The average Bonchev–Trinajstić information content (AvgIpc) is 2.55. The molecule has 3 nitrogen and oxygen atoms in total. The van der Waals surface area contributed by atoms with Crippen LogP contribution in [-0.4, -0.2) is 19.8 Å². The molecule has 0 unspecified atom stereocenters. The molecule has 0 fully saturated rings. The van der Waals surface area contributed by atoms with Crippen LogP contribution in [0.3, 0.4) is 0 Å². The van der Waals surface area contributed by atoms with Gasteiger partial charge in [-0.3, -0.25) is 0 Å². The van der Waals surface area contributed by atoms with Gasteiger partial charge in [0.25, 0.3) is 0 Å². The highest BCUT2D eigenvalue weighted by molar-refractivity contribution is 5.67. The molecule has 0 amide bonds. The van der Waals surface area contributed by atoms with Crippen LogP contribution in [0.5, 0.6) is 11.5 Å². The Labute approximate surface area is 125 Å². The Bertz CT molecular complexity index is 593. The van der Waals surface area contributed by atoms with E-state index in [1.807, 2.05) is 6.07 Å². The zero-order valence-corrected chi connectivity index (χ0v) is 12.4. The Morgan fingerprint density at radius 2 is 1.62 bits per heavy atom. The molecule has 0 saturated heterocycles. The van der Waals surface area contributed by atoms with Gasteiger partial charge in [-0.2, -0.15) is 0 Å². The second kappa shape index (κ2) is 6.64. The van der Waals surface area contributed by atoms with Gasteiger partial charge in [0.15, 0.2) is 11.5 Å². The van der Waals surface area contributed by atoms with E-state index in [0.29, 0.717) is 13.2 Å². The first kappa shape index (κ1) is 14.0. The minimum absolute atomic E-state index is 0.624. The molecule has 0 spiro atoms. The van der Waals surface area contributed by atoms with Crippen molar-refractivity contribution < 1.29 is 9.47 Å². The number of rotatable bonds is 5. The maximum absolute atomic E-state index is 5.64. The van der Waals surface area contributed by atoms with Crippen LogP contribution in [0.1, 0.15) is 18.9 Å². The molecular formula is C18H21NO2. The van der Waals surface area contributed by atoms with Gasteiger partial charge >= 0.3 is 0 Å². The quantitative estimate of drug-likeness (QED) is 0.850. The lowest BCUT2D eigenvalue weighted by molar-refractivity contribution is 0.171. The number of benzene rings is 2. The van der Waals surface area contributed by atoms with Crippen molar-refractivity contribution in [2.75, 3.05) is 19.8 Å². The SMILES string of the molecule is CCCNCc1ccc(-c2ccc3c(c2)OCCO3)cc1. The van der Waals surface area contributed by atoms with Crippen molar-refractivity contribution >= 4 is 0 Å². The van der Waals surface area contributed by atoms with Crippen molar-refractivity contribution in [3.63, 3.8) is 0 Å². The van der Waals surface area contributed by atoms with Crippen molar-refractivity contribution in [2.45, 2.75) is 19.9 Å². The van der Waals surface area contributed by atoms with Gasteiger partial charge in [-0.05, 0) is 41.8 Å². The minimum atomic E-state index is 0.624. The topological polar surface area (TPSA) is 30.5 Å². The first-order valence-corrected chi connectivity index (χ1v) is 7.56. The van der Waals surface area contributed by atoms with E-state index in [9.17, 15) is 0 Å². The van der Waals surface area contributed by atoms with Crippen LogP contribution in [0.25, 0.3) is 11.1 Å². The van der Waals surface area contributed by atoms with E-state index < -0.39 is 0 Å². The normalized spacial score (nSPS) is 13.2. The number of fused-ring (bicyclic) bond motifs is 1. The number of ether oxygens (including phenoxy) is 2. The van der Waals surface area contributed by atoms with E-state index in [1.54, 1.807) is 0 Å². The Kier molecular flexibility index (Phi) is 4.41. The number of hydrogen-bond acceptors (Lipinski definition) is 3. The molecule has 3 rings (SSSR count). The minimum Gasteiger partial charge on any atom is -0.486 e. The molecule has 21 heavy (non-hydrogen) atoms. The molecule has 0 atom stereocenters. The van der Waals surface area contributed by atoms with Crippen LogP contribution < -0.4 is 14.8 Å². The Hall–Kier alpha value is -2.00. The van der Waals surface area contributed by atoms with E-state index in [1.165, 1.54) is 11.1 Å². The fraction of sp³-hybridized carbons (Fsp3) is 0.333. The van der Waals surface area contributed by atoms with Crippen LogP contribution in [0, 0.1) is 0 Å². The second-order valence-electron chi connectivity index (χ2n) is 5.23. The zero-order chi connectivity index (χ0) is 14.5. The van der Waals surface area contributed by atoms with Crippen molar-refractivity contribution in [2.24, 2.45) is 0 Å². The first-order valence-electron chi connectivity index (χ1n) is 7.56. The summed E-state index contributed by atoms with van der Waals surface area (Å²) in [5.41, 5.74) is 3.67. The smallest absolute Gasteiger partial charge is 0.161 e. The van der Waals surface area contributed by atoms with Gasteiger partial charge in [0.05, 0.1) is 0 Å². The molecule has 2 aromatic rings. The number of hydrogen-bond donors (Lipinski definition) is 1. The standard InChI is InChI=1S/C18H21NO2/c1-2-9-19-13-14-3-5-15(6-4-14)16-7-8-17-18(12-16)21-11-10-20-17/h3-8,12,19H,2,9-11,13H2,1H3. The third-order valence-electron chi connectivity index (χ3n) is 3.59. The molecule has 1 N–H and O–H groups in total. The van der Waals surface area contributed by atoms with E-state index in [4.69, 9.17) is 9.47 Å². The van der Waals surface area contributed by atoms with Gasteiger partial charge in [0.2, 0.25) is 0 Å². The molecule has 1 aliphatic rings. The third-order valence-corrected chi connectivity index (χ3v) is 3.59. The molecule has 0 bridgehead atoms. The molecule has 1 aliphatic heterocycles. The largest absolute Gasteiger partial charge is 0.486 e. The Morgan fingerprint density at radius 3 is 2.38 bits per heavy atom. The van der Waals surface area contributed by atoms with Crippen molar-refractivity contribution in [3.8, 4) is 22.6 Å². The van der Waals surface area contributed by atoms with Gasteiger partial charge < -0.3 is 14.8 Å². The Balaban J connectivity index is 1.74. The summed E-state index contributed by atoms with van der Waals surface area (Å²) in [4.78, 5) is 0. The Morgan fingerprint density at radius 1 is 0.905 bits per heavy atom. The van der Waals surface area contributed by atoms with E-state index in [0.717, 1.165) is 36.6 Å². The molecule has 0 saturated carbocycles. The van der Waals surface area contributed by atoms with E-state index >= 15 is 0 Å². The summed E-state index contributed by atoms with van der Waals surface area (Å²) in [5.74, 6) is 1.68. The predicted molar refractivity (Wildman–Crippen MR) is 84.9 cm³/mol. The van der Waals surface area contributed by atoms with Gasteiger partial charge in [0.1, 0.15) is 13.2 Å². The summed E-state index contributed by atoms with van der Waals surface area (Å²) in [6, 6.07) is 14.8. The van der Waals surface area contributed by atoms with Gasteiger partial charge in [-0.25, -0.2) is 0 Å². The van der Waals surface area contributed by atoms with Gasteiger partial charge in [-0.1, -0.05) is 37.3 Å². The summed E-state index contributed by atoms with van der Waals surface area (Å²) in [7, 11) is 0. The lowest BCUT2D eigenvalue weighted by atomic mass is 10.0. The number of nitrogens with one attached hydrogen (secondary N) is 1. The maximum Gasteiger partial charge on any atom is 0.161 e. The summed E-state index contributed by atoms with van der Waals surface area (Å²) in [5, 5.41) is 3.41. The molecular weight excluding hydrogens is 262 g/mol. The molecule has 0 aromatic heterocycles. The molecule has 0 radical (unpaired) electrons. The average molecular weight is 283 g/mol. The van der Waals surface area contributed by atoms with E-state index in [2.05, 4.69) is 48.6 Å². The molecule has 0 aliphatic carbocycles. The molecule has 110 valence electrons. The van der Waals surface area contributed by atoms with Crippen molar-refractivity contribution in [1.29, 1.82) is 0 Å². The second-order valence-corrected chi connectivity index (χ2v) is 5.23. The zero-order valence-electron chi connectivity index (χ0n) is 12.4. The van der Waals surface area contributed by atoms with E-state index in [-0.39, 0.29) is 0 Å². The summed E-state index contributed by atoms with van der Waals surface area (Å²) < 4.78 is 11.2. The van der Waals surface area contributed by atoms with Crippen molar-refractivity contribution in [1.82, 2.24) is 5.32 Å². The molecule has 2 aromatic carbocycles. The molecule has 3 heteroatoms. The fourth-order valence-corrected chi connectivity index (χ4v) is 2.45. The predicted octanol–water partition coefficient (Wildman–Crippen LogP) is 3.62. The highest BCUT2D eigenvalue weighted by Gasteiger charge is 2.12.